The van der Waals surface area contributed by atoms with Crippen molar-refractivity contribution in [3.8, 4) is 0 Å². The summed E-state index contributed by atoms with van der Waals surface area (Å²) in [6, 6.07) is 1.22. The molecule has 1 aliphatic rings. The Morgan fingerprint density at radius 2 is 2.20 bits per heavy atom. The van der Waals surface area contributed by atoms with Crippen LogP contribution in [0.3, 0.4) is 0 Å². The van der Waals surface area contributed by atoms with Crippen LogP contribution in [0.1, 0.15) is 43.9 Å². The second kappa shape index (κ2) is 4.31. The summed E-state index contributed by atoms with van der Waals surface area (Å²) in [5.74, 6) is 1.90. The molecule has 0 aromatic carbocycles. The summed E-state index contributed by atoms with van der Waals surface area (Å²) < 4.78 is 2.06. The molecular formula is C11H20N4. The highest BCUT2D eigenvalue weighted by molar-refractivity contribution is 4.91. The zero-order valence-corrected chi connectivity index (χ0v) is 9.82. The monoisotopic (exact) mass is 208 g/mol. The van der Waals surface area contributed by atoms with Crippen LogP contribution in [0.4, 0.5) is 0 Å². The molecule has 1 aliphatic carbocycles. The minimum Gasteiger partial charge on any atom is -0.312 e. The third kappa shape index (κ3) is 2.56. The molecule has 1 aromatic heterocycles. The van der Waals surface area contributed by atoms with Crippen molar-refractivity contribution in [1.29, 1.82) is 0 Å². The fraction of sp³-hybridized carbons (Fsp3) is 0.818. The van der Waals surface area contributed by atoms with E-state index in [1.165, 1.54) is 12.8 Å². The largest absolute Gasteiger partial charge is 0.312 e. The Bertz CT molecular complexity index is 327. The van der Waals surface area contributed by atoms with E-state index < -0.39 is 0 Å². The summed E-state index contributed by atoms with van der Waals surface area (Å²) in [5.41, 5.74) is 0. The highest BCUT2D eigenvalue weighted by Gasteiger charge is 2.22. The number of hydrogen-bond acceptors (Lipinski definition) is 3. The zero-order chi connectivity index (χ0) is 10.8. The van der Waals surface area contributed by atoms with E-state index in [-0.39, 0.29) is 0 Å². The molecule has 1 saturated carbocycles. The van der Waals surface area contributed by atoms with Crippen molar-refractivity contribution in [2.45, 2.75) is 52.1 Å². The summed E-state index contributed by atoms with van der Waals surface area (Å²) >= 11 is 0. The summed E-state index contributed by atoms with van der Waals surface area (Å²) in [4.78, 5) is 4.35. The molecule has 1 atom stereocenters. The van der Waals surface area contributed by atoms with E-state index >= 15 is 0 Å². The third-order valence-corrected chi connectivity index (χ3v) is 2.94. The molecule has 84 valence electrons. The van der Waals surface area contributed by atoms with Gasteiger partial charge in [-0.1, -0.05) is 6.92 Å². The normalized spacial score (nSPS) is 18.1. The van der Waals surface area contributed by atoms with Gasteiger partial charge in [-0.15, -0.1) is 0 Å². The van der Waals surface area contributed by atoms with Gasteiger partial charge in [0.05, 0.1) is 6.04 Å². The lowest BCUT2D eigenvalue weighted by molar-refractivity contribution is 0.401. The van der Waals surface area contributed by atoms with E-state index in [2.05, 4.69) is 27.0 Å². The van der Waals surface area contributed by atoms with E-state index in [1.807, 2.05) is 13.8 Å². The first-order valence-electron chi connectivity index (χ1n) is 5.83. The molecule has 0 aliphatic heterocycles. The molecule has 15 heavy (non-hydrogen) atoms. The van der Waals surface area contributed by atoms with Gasteiger partial charge < -0.3 is 5.32 Å². The highest BCUT2D eigenvalue weighted by Crippen LogP contribution is 2.20. The Labute approximate surface area is 91.1 Å². The smallest absolute Gasteiger partial charge is 0.147 e. The lowest BCUT2D eigenvalue weighted by atomic mass is 10.2. The first kappa shape index (κ1) is 10.6. The Hall–Kier alpha value is -0.900. The van der Waals surface area contributed by atoms with Gasteiger partial charge in [-0.05, 0) is 33.1 Å². The van der Waals surface area contributed by atoms with E-state index in [0.717, 1.165) is 30.7 Å². The van der Waals surface area contributed by atoms with Crippen molar-refractivity contribution in [3.05, 3.63) is 11.6 Å². The van der Waals surface area contributed by atoms with Crippen LogP contribution in [0.5, 0.6) is 0 Å². The van der Waals surface area contributed by atoms with Crippen molar-refractivity contribution in [2.75, 3.05) is 6.54 Å². The predicted octanol–water partition coefficient (Wildman–Crippen LogP) is 1.60. The van der Waals surface area contributed by atoms with Crippen LogP contribution >= 0.6 is 0 Å². The van der Waals surface area contributed by atoms with Crippen molar-refractivity contribution in [2.24, 2.45) is 0 Å². The minimum absolute atomic E-state index is 0.451. The Morgan fingerprint density at radius 3 is 2.67 bits per heavy atom. The predicted molar refractivity (Wildman–Crippen MR) is 59.8 cm³/mol. The Morgan fingerprint density at radius 1 is 1.47 bits per heavy atom. The van der Waals surface area contributed by atoms with Crippen LogP contribution in [0, 0.1) is 13.8 Å². The lowest BCUT2D eigenvalue weighted by Crippen LogP contribution is -2.27. The summed E-state index contributed by atoms with van der Waals surface area (Å²) in [6.45, 7) is 7.20. The molecule has 4 nitrogen and oxygen atoms in total. The molecule has 1 fully saturated rings. The van der Waals surface area contributed by atoms with Gasteiger partial charge in [-0.25, -0.2) is 9.67 Å². The second-order valence-corrected chi connectivity index (χ2v) is 4.40. The van der Waals surface area contributed by atoms with Crippen molar-refractivity contribution in [3.63, 3.8) is 0 Å². The van der Waals surface area contributed by atoms with Crippen LogP contribution in [-0.4, -0.2) is 27.4 Å². The van der Waals surface area contributed by atoms with Crippen molar-refractivity contribution < 1.29 is 0 Å². The molecule has 1 aromatic rings. The summed E-state index contributed by atoms with van der Waals surface area (Å²) in [5, 5.41) is 8.00. The van der Waals surface area contributed by atoms with Crippen molar-refractivity contribution >= 4 is 0 Å². The second-order valence-electron chi connectivity index (χ2n) is 4.40. The Balaban J connectivity index is 2.00. The number of rotatable bonds is 5. The standard InChI is InChI=1S/C11H20N4/c1-4-11(7-12-10-5-6-10)15-9(3)13-8(2)14-15/h10-12H,4-7H2,1-3H3. The molecule has 0 bridgehead atoms. The molecule has 4 heteroatoms. The highest BCUT2D eigenvalue weighted by atomic mass is 15.4. The maximum absolute atomic E-state index is 4.45. The quantitative estimate of drug-likeness (QED) is 0.799. The maximum atomic E-state index is 4.45. The summed E-state index contributed by atoms with van der Waals surface area (Å²) in [7, 11) is 0. The molecule has 2 rings (SSSR count). The fourth-order valence-electron chi connectivity index (χ4n) is 1.88. The molecule has 0 radical (unpaired) electrons. The molecule has 0 saturated heterocycles. The van der Waals surface area contributed by atoms with Gasteiger partial charge in [0.15, 0.2) is 0 Å². The van der Waals surface area contributed by atoms with Gasteiger partial charge in [0.1, 0.15) is 11.6 Å². The van der Waals surface area contributed by atoms with E-state index in [9.17, 15) is 0 Å². The summed E-state index contributed by atoms with van der Waals surface area (Å²) in [6.07, 6.45) is 3.78. The van der Waals surface area contributed by atoms with Gasteiger partial charge in [0, 0.05) is 12.6 Å². The number of hydrogen-bond donors (Lipinski definition) is 1. The van der Waals surface area contributed by atoms with Gasteiger partial charge in [-0.2, -0.15) is 5.10 Å². The molecular weight excluding hydrogens is 188 g/mol. The van der Waals surface area contributed by atoms with Gasteiger partial charge in [0.25, 0.3) is 0 Å². The van der Waals surface area contributed by atoms with Gasteiger partial charge in [-0.3, -0.25) is 0 Å². The van der Waals surface area contributed by atoms with Gasteiger partial charge >= 0.3 is 0 Å². The molecule has 0 amide bonds. The van der Waals surface area contributed by atoms with E-state index in [1.54, 1.807) is 0 Å². The fourth-order valence-corrected chi connectivity index (χ4v) is 1.88. The zero-order valence-electron chi connectivity index (χ0n) is 9.82. The van der Waals surface area contributed by atoms with E-state index in [0.29, 0.717) is 6.04 Å². The number of aryl methyl sites for hydroxylation is 2. The lowest BCUT2D eigenvalue weighted by Gasteiger charge is -2.17. The van der Waals surface area contributed by atoms with Crippen LogP contribution in [0.15, 0.2) is 0 Å². The number of nitrogens with one attached hydrogen (secondary N) is 1. The molecule has 1 unspecified atom stereocenters. The van der Waals surface area contributed by atoms with Crippen LogP contribution < -0.4 is 5.32 Å². The molecule has 1 heterocycles. The molecule has 0 spiro atoms. The number of aromatic nitrogens is 3. The average molecular weight is 208 g/mol. The minimum atomic E-state index is 0.451. The van der Waals surface area contributed by atoms with Crippen molar-refractivity contribution in [1.82, 2.24) is 20.1 Å². The molecule has 1 N–H and O–H groups in total. The van der Waals surface area contributed by atoms with Crippen LogP contribution in [-0.2, 0) is 0 Å². The topological polar surface area (TPSA) is 42.7 Å². The van der Waals surface area contributed by atoms with Crippen LogP contribution in [0.25, 0.3) is 0 Å². The van der Waals surface area contributed by atoms with E-state index in [4.69, 9.17) is 0 Å². The SMILES string of the molecule is CCC(CNC1CC1)n1nc(C)nc1C. The first-order valence-corrected chi connectivity index (χ1v) is 5.83. The maximum Gasteiger partial charge on any atom is 0.147 e. The van der Waals surface area contributed by atoms with Gasteiger partial charge in [0.2, 0.25) is 0 Å². The van der Waals surface area contributed by atoms with Crippen LogP contribution in [0.2, 0.25) is 0 Å². The first-order chi connectivity index (χ1) is 7.20. The average Bonchev–Trinajstić information content (AvgIpc) is 2.95. The third-order valence-electron chi connectivity index (χ3n) is 2.94. The Kier molecular flexibility index (Phi) is 3.05. The number of nitrogens with zero attached hydrogens (tertiary/aromatic N) is 3.